The van der Waals surface area contributed by atoms with Crippen molar-refractivity contribution in [2.75, 3.05) is 24.5 Å². The number of pyridine rings is 2. The fraction of sp³-hybridized carbons (Fsp3) is 0.346. The number of halogens is 3. The van der Waals surface area contributed by atoms with E-state index in [1.165, 1.54) is 12.4 Å². The Hall–Kier alpha value is -3.46. The number of aromatic nitrogens is 2. The van der Waals surface area contributed by atoms with Crippen molar-refractivity contribution in [3.05, 3.63) is 76.6 Å². The topological polar surface area (TPSA) is 70.2 Å². The molecule has 1 atom stereocenters. The zero-order valence-electron chi connectivity index (χ0n) is 19.6. The van der Waals surface area contributed by atoms with Crippen molar-refractivity contribution >= 4 is 11.6 Å². The average molecular weight is 482 g/mol. The van der Waals surface area contributed by atoms with Crippen LogP contribution in [-0.4, -0.2) is 41.0 Å². The molecule has 0 bridgehead atoms. The molecule has 3 aromatic rings. The number of hydrogen-bond acceptors (Lipinski definition) is 5. The molecule has 2 N–H and O–H groups in total. The Morgan fingerprint density at radius 1 is 1.09 bits per heavy atom. The quantitative estimate of drug-likeness (QED) is 0.538. The summed E-state index contributed by atoms with van der Waals surface area (Å²) in [5.74, 6) is -4.46. The molecule has 2 aromatic heterocycles. The molecule has 1 amide bonds. The summed E-state index contributed by atoms with van der Waals surface area (Å²) in [6.07, 6.45) is 4.84. The lowest BCUT2D eigenvalue weighted by Gasteiger charge is -2.40. The number of hydrogen-bond donors (Lipinski definition) is 2. The number of carbonyl (C=O) groups is 1. The van der Waals surface area contributed by atoms with Crippen molar-refractivity contribution in [1.29, 1.82) is 0 Å². The Morgan fingerprint density at radius 2 is 1.77 bits per heavy atom. The molecule has 182 valence electrons. The molecule has 0 radical (unpaired) electrons. The second-order valence-corrected chi connectivity index (χ2v) is 9.41. The summed E-state index contributed by atoms with van der Waals surface area (Å²) in [7, 11) is 0. The SMILES string of the molecule is Cc1cc(CNC(=O)c2cncc(-c3cc(F)c(F)c(F)c3)c2N2CCC3(CCN3)C2)cc(C)n1. The van der Waals surface area contributed by atoms with Gasteiger partial charge in [-0.05, 0) is 68.6 Å². The van der Waals surface area contributed by atoms with Crippen molar-refractivity contribution in [1.82, 2.24) is 20.6 Å². The first-order chi connectivity index (χ1) is 16.7. The third-order valence-corrected chi connectivity index (χ3v) is 6.82. The van der Waals surface area contributed by atoms with Gasteiger partial charge in [0.15, 0.2) is 17.5 Å². The molecule has 1 unspecified atom stereocenters. The Kier molecular flexibility index (Phi) is 5.96. The molecule has 5 rings (SSSR count). The van der Waals surface area contributed by atoms with Gasteiger partial charge in [-0.2, -0.15) is 0 Å². The van der Waals surface area contributed by atoms with Crippen LogP contribution in [0.15, 0.2) is 36.7 Å². The van der Waals surface area contributed by atoms with Crippen LogP contribution in [0.4, 0.5) is 18.9 Å². The van der Waals surface area contributed by atoms with Crippen molar-refractivity contribution in [2.45, 2.75) is 38.8 Å². The fourth-order valence-electron chi connectivity index (χ4n) is 5.07. The summed E-state index contributed by atoms with van der Waals surface area (Å²) in [6, 6.07) is 5.69. The van der Waals surface area contributed by atoms with Gasteiger partial charge in [0.05, 0.1) is 11.3 Å². The van der Waals surface area contributed by atoms with E-state index < -0.39 is 17.5 Å². The number of aryl methyl sites for hydroxylation is 2. The molecule has 1 spiro atoms. The van der Waals surface area contributed by atoms with Gasteiger partial charge in [-0.3, -0.25) is 14.8 Å². The fourth-order valence-corrected chi connectivity index (χ4v) is 5.07. The first-order valence-electron chi connectivity index (χ1n) is 11.6. The van der Waals surface area contributed by atoms with E-state index in [0.29, 0.717) is 29.9 Å². The Balaban J connectivity index is 1.53. The minimum atomic E-state index is -1.53. The highest BCUT2D eigenvalue weighted by atomic mass is 19.2. The molecule has 0 aliphatic carbocycles. The maximum atomic E-state index is 14.1. The minimum absolute atomic E-state index is 0.0281. The molecule has 1 aromatic carbocycles. The lowest BCUT2D eigenvalue weighted by molar-refractivity contribution is 0.0951. The predicted molar refractivity (Wildman–Crippen MR) is 127 cm³/mol. The van der Waals surface area contributed by atoms with Gasteiger partial charge in [0, 0.05) is 54.5 Å². The van der Waals surface area contributed by atoms with Crippen molar-refractivity contribution < 1.29 is 18.0 Å². The molecular formula is C26H26F3N5O. The van der Waals surface area contributed by atoms with Gasteiger partial charge < -0.3 is 15.5 Å². The highest BCUT2D eigenvalue weighted by molar-refractivity contribution is 6.03. The smallest absolute Gasteiger partial charge is 0.255 e. The van der Waals surface area contributed by atoms with Crippen LogP contribution in [0.2, 0.25) is 0 Å². The van der Waals surface area contributed by atoms with Gasteiger partial charge in [0.2, 0.25) is 0 Å². The van der Waals surface area contributed by atoms with Crippen LogP contribution in [0, 0.1) is 31.3 Å². The van der Waals surface area contributed by atoms with Gasteiger partial charge >= 0.3 is 0 Å². The predicted octanol–water partition coefficient (Wildman–Crippen LogP) is 4.05. The van der Waals surface area contributed by atoms with E-state index in [-0.39, 0.29) is 23.6 Å². The molecule has 35 heavy (non-hydrogen) atoms. The van der Waals surface area contributed by atoms with Crippen LogP contribution in [0.25, 0.3) is 11.1 Å². The van der Waals surface area contributed by atoms with Gasteiger partial charge in [-0.1, -0.05) is 0 Å². The van der Waals surface area contributed by atoms with Crippen LogP contribution in [0.5, 0.6) is 0 Å². The number of nitrogens with zero attached hydrogens (tertiary/aromatic N) is 3. The van der Waals surface area contributed by atoms with E-state index in [1.54, 1.807) is 0 Å². The van der Waals surface area contributed by atoms with Crippen molar-refractivity contribution in [3.8, 4) is 11.1 Å². The maximum Gasteiger partial charge on any atom is 0.255 e. The Morgan fingerprint density at radius 3 is 2.37 bits per heavy atom. The molecule has 9 heteroatoms. The van der Waals surface area contributed by atoms with Crippen molar-refractivity contribution in [3.63, 3.8) is 0 Å². The summed E-state index contributed by atoms with van der Waals surface area (Å²) < 4.78 is 41.9. The first-order valence-corrected chi connectivity index (χ1v) is 11.6. The van der Waals surface area contributed by atoms with Crippen LogP contribution < -0.4 is 15.5 Å². The molecule has 2 fully saturated rings. The normalized spacial score (nSPS) is 19.2. The minimum Gasteiger partial charge on any atom is -0.368 e. The number of rotatable bonds is 5. The van der Waals surface area contributed by atoms with Gasteiger partial charge in [-0.25, -0.2) is 13.2 Å². The van der Waals surface area contributed by atoms with Crippen LogP contribution in [0.3, 0.4) is 0 Å². The average Bonchev–Trinajstić information content (AvgIpc) is 3.26. The molecule has 2 aliphatic heterocycles. The summed E-state index contributed by atoms with van der Waals surface area (Å²) in [5.41, 5.74) is 3.93. The van der Waals surface area contributed by atoms with Crippen LogP contribution >= 0.6 is 0 Å². The monoisotopic (exact) mass is 481 g/mol. The maximum absolute atomic E-state index is 14.1. The zero-order valence-corrected chi connectivity index (χ0v) is 19.6. The Labute approximate surface area is 201 Å². The molecule has 4 heterocycles. The third kappa shape index (κ3) is 4.48. The number of benzene rings is 1. The Bertz CT molecular complexity index is 1260. The lowest BCUT2D eigenvalue weighted by atomic mass is 9.87. The molecule has 6 nitrogen and oxygen atoms in total. The second kappa shape index (κ2) is 8.96. The number of amides is 1. The summed E-state index contributed by atoms with van der Waals surface area (Å²) in [5, 5.41) is 6.41. The van der Waals surface area contributed by atoms with Crippen LogP contribution in [-0.2, 0) is 6.54 Å². The van der Waals surface area contributed by atoms with E-state index in [0.717, 1.165) is 48.5 Å². The molecule has 2 saturated heterocycles. The third-order valence-electron chi connectivity index (χ3n) is 6.82. The van der Waals surface area contributed by atoms with E-state index in [1.807, 2.05) is 26.0 Å². The van der Waals surface area contributed by atoms with E-state index in [4.69, 9.17) is 0 Å². The largest absolute Gasteiger partial charge is 0.368 e. The summed E-state index contributed by atoms with van der Waals surface area (Å²) >= 11 is 0. The molecule has 2 aliphatic rings. The summed E-state index contributed by atoms with van der Waals surface area (Å²) in [4.78, 5) is 24.0. The molecule has 0 saturated carbocycles. The summed E-state index contributed by atoms with van der Waals surface area (Å²) in [6.45, 7) is 6.32. The van der Waals surface area contributed by atoms with Crippen LogP contribution in [0.1, 0.15) is 40.2 Å². The first kappa shape index (κ1) is 23.3. The zero-order chi connectivity index (χ0) is 24.7. The van der Waals surface area contributed by atoms with E-state index >= 15 is 0 Å². The highest BCUT2D eigenvalue weighted by Crippen LogP contribution is 2.40. The number of anilines is 1. The molecular weight excluding hydrogens is 455 g/mol. The standard InChI is InChI=1S/C26H26F3N5O/c1-15-7-17(8-16(2)33-15)11-31-25(35)20-13-30-12-19(18-9-21(27)23(29)22(28)10-18)24(20)34-6-4-26(14-34)3-5-32-26/h7-10,12-13,32H,3-6,11,14H2,1-2H3,(H,31,35). The van der Waals surface area contributed by atoms with Gasteiger partial charge in [0.1, 0.15) is 0 Å². The number of nitrogens with one attached hydrogen (secondary N) is 2. The lowest BCUT2D eigenvalue weighted by Crippen LogP contribution is -2.58. The van der Waals surface area contributed by atoms with E-state index in [9.17, 15) is 18.0 Å². The highest BCUT2D eigenvalue weighted by Gasteiger charge is 2.43. The second-order valence-electron chi connectivity index (χ2n) is 9.41. The van der Waals surface area contributed by atoms with Gasteiger partial charge in [0.25, 0.3) is 5.91 Å². The number of carbonyl (C=O) groups excluding carboxylic acids is 1. The van der Waals surface area contributed by atoms with E-state index in [2.05, 4.69) is 25.5 Å². The van der Waals surface area contributed by atoms with Crippen molar-refractivity contribution in [2.24, 2.45) is 0 Å². The van der Waals surface area contributed by atoms with Gasteiger partial charge in [-0.15, -0.1) is 0 Å².